The zero-order valence-electron chi connectivity index (χ0n) is 11.6. The monoisotopic (exact) mass is 308 g/mol. The van der Waals surface area contributed by atoms with Crippen molar-refractivity contribution in [1.82, 2.24) is 4.98 Å². The summed E-state index contributed by atoms with van der Waals surface area (Å²) in [5.41, 5.74) is 1.74. The molecule has 0 bridgehead atoms. The molecule has 4 nitrogen and oxygen atoms in total. The molecular weight excluding hydrogens is 295 g/mol. The maximum absolute atomic E-state index is 13.9. The Morgan fingerprint density at radius 1 is 1.48 bits per heavy atom. The van der Waals surface area contributed by atoms with Crippen molar-refractivity contribution in [1.29, 1.82) is 0 Å². The highest BCUT2D eigenvalue weighted by molar-refractivity contribution is 6.30. The fourth-order valence-corrected chi connectivity index (χ4v) is 2.29. The Morgan fingerprint density at radius 3 is 2.76 bits per heavy atom. The van der Waals surface area contributed by atoms with E-state index in [2.05, 4.69) is 10.3 Å². The van der Waals surface area contributed by atoms with Gasteiger partial charge in [0, 0.05) is 11.8 Å². The number of carbonyl (C=O) groups is 1. The van der Waals surface area contributed by atoms with Crippen molar-refractivity contribution in [3.05, 3.63) is 52.1 Å². The van der Waals surface area contributed by atoms with E-state index < -0.39 is 11.8 Å². The molecule has 21 heavy (non-hydrogen) atoms. The molecule has 2 rings (SSSR count). The number of pyridine rings is 1. The molecule has 0 aliphatic carbocycles. The predicted molar refractivity (Wildman–Crippen MR) is 80.0 cm³/mol. The Bertz CT molecular complexity index is 704. The number of benzene rings is 1. The number of aromatic carboxylic acids is 1. The number of aromatic nitrogens is 1. The average molecular weight is 309 g/mol. The lowest BCUT2D eigenvalue weighted by Crippen LogP contribution is -2.08. The van der Waals surface area contributed by atoms with Gasteiger partial charge in [0.1, 0.15) is 16.5 Å². The molecule has 0 spiro atoms. The topological polar surface area (TPSA) is 62.2 Å². The van der Waals surface area contributed by atoms with Crippen LogP contribution in [0.3, 0.4) is 0 Å². The first-order chi connectivity index (χ1) is 9.93. The fraction of sp³-hybridized carbons (Fsp3) is 0.200. The number of nitrogens with one attached hydrogen (secondary N) is 1. The van der Waals surface area contributed by atoms with Gasteiger partial charge in [0.2, 0.25) is 0 Å². The minimum Gasteiger partial charge on any atom is -0.478 e. The Hall–Kier alpha value is -2.14. The van der Waals surface area contributed by atoms with E-state index in [0.29, 0.717) is 12.0 Å². The number of halogens is 2. The van der Waals surface area contributed by atoms with Crippen LogP contribution in [0.15, 0.2) is 24.4 Å². The van der Waals surface area contributed by atoms with E-state index in [-0.39, 0.29) is 22.1 Å². The number of carboxylic acid groups (broad SMARTS) is 1. The second-order valence-electron chi connectivity index (χ2n) is 4.58. The lowest BCUT2D eigenvalue weighted by atomic mass is 10.1. The van der Waals surface area contributed by atoms with Gasteiger partial charge in [-0.05, 0) is 31.0 Å². The Morgan fingerprint density at radius 2 is 2.19 bits per heavy atom. The van der Waals surface area contributed by atoms with Crippen LogP contribution in [0.1, 0.15) is 28.4 Å². The van der Waals surface area contributed by atoms with Crippen molar-refractivity contribution in [2.24, 2.45) is 0 Å². The lowest BCUT2D eigenvalue weighted by molar-refractivity contribution is 0.0697. The molecular formula is C15H14ClFN2O2. The highest BCUT2D eigenvalue weighted by atomic mass is 35.5. The number of anilines is 2. The van der Waals surface area contributed by atoms with Gasteiger partial charge >= 0.3 is 5.97 Å². The predicted octanol–water partition coefficient (Wildman–Crippen LogP) is 4.19. The lowest BCUT2D eigenvalue weighted by Gasteiger charge is -2.15. The molecule has 0 radical (unpaired) electrons. The smallest absolute Gasteiger partial charge is 0.339 e. The van der Waals surface area contributed by atoms with Crippen LogP contribution < -0.4 is 5.32 Å². The number of aryl methyl sites for hydroxylation is 1. The fourth-order valence-electron chi connectivity index (χ4n) is 2.01. The van der Waals surface area contributed by atoms with Gasteiger partial charge in [0.05, 0.1) is 11.4 Å². The second-order valence-corrected chi connectivity index (χ2v) is 4.94. The summed E-state index contributed by atoms with van der Waals surface area (Å²) >= 11 is 6.00. The Kier molecular flexibility index (Phi) is 4.43. The van der Waals surface area contributed by atoms with Gasteiger partial charge in [0.25, 0.3) is 0 Å². The minimum absolute atomic E-state index is 0.0452. The summed E-state index contributed by atoms with van der Waals surface area (Å²) in [4.78, 5) is 15.2. The van der Waals surface area contributed by atoms with Crippen molar-refractivity contribution in [3.63, 3.8) is 0 Å². The van der Waals surface area contributed by atoms with Crippen molar-refractivity contribution in [3.8, 4) is 0 Å². The van der Waals surface area contributed by atoms with Gasteiger partial charge in [0.15, 0.2) is 0 Å². The Labute approximate surface area is 126 Å². The summed E-state index contributed by atoms with van der Waals surface area (Å²) < 4.78 is 13.9. The number of nitrogens with zero attached hydrogens (tertiary/aromatic N) is 1. The van der Waals surface area contributed by atoms with Crippen molar-refractivity contribution >= 4 is 28.9 Å². The first kappa shape index (κ1) is 15.3. The summed E-state index contributed by atoms with van der Waals surface area (Å²) in [6, 6.07) is 4.67. The molecule has 1 aromatic heterocycles. The number of rotatable bonds is 4. The second kappa shape index (κ2) is 6.10. The summed E-state index contributed by atoms with van der Waals surface area (Å²) in [6.07, 6.45) is 1.64. The van der Waals surface area contributed by atoms with E-state index in [1.54, 1.807) is 19.1 Å². The first-order valence-corrected chi connectivity index (χ1v) is 6.75. The van der Waals surface area contributed by atoms with Gasteiger partial charge in [-0.3, -0.25) is 0 Å². The highest BCUT2D eigenvalue weighted by Crippen LogP contribution is 2.31. The molecule has 0 unspecified atom stereocenters. The molecule has 0 saturated heterocycles. The molecule has 2 aromatic rings. The molecule has 0 atom stereocenters. The Balaban J connectivity index is 2.56. The third kappa shape index (κ3) is 3.13. The van der Waals surface area contributed by atoms with Crippen LogP contribution in [-0.2, 0) is 6.42 Å². The zero-order valence-corrected chi connectivity index (χ0v) is 12.3. The van der Waals surface area contributed by atoms with Crippen LogP contribution in [0.2, 0.25) is 5.15 Å². The van der Waals surface area contributed by atoms with Crippen molar-refractivity contribution in [2.45, 2.75) is 20.3 Å². The van der Waals surface area contributed by atoms with E-state index in [4.69, 9.17) is 11.6 Å². The zero-order chi connectivity index (χ0) is 15.6. The molecule has 110 valence electrons. The van der Waals surface area contributed by atoms with Crippen molar-refractivity contribution < 1.29 is 14.3 Å². The van der Waals surface area contributed by atoms with Gasteiger partial charge in [-0.2, -0.15) is 0 Å². The van der Waals surface area contributed by atoms with Crippen molar-refractivity contribution in [2.75, 3.05) is 5.32 Å². The highest BCUT2D eigenvalue weighted by Gasteiger charge is 2.18. The molecule has 2 N–H and O–H groups in total. The van der Waals surface area contributed by atoms with E-state index >= 15 is 0 Å². The van der Waals surface area contributed by atoms with E-state index in [1.807, 2.05) is 6.92 Å². The van der Waals surface area contributed by atoms with Crippen LogP contribution in [-0.4, -0.2) is 16.1 Å². The molecule has 6 heteroatoms. The van der Waals surface area contributed by atoms with Gasteiger partial charge in [-0.15, -0.1) is 0 Å². The molecule has 0 amide bonds. The number of hydrogen-bond acceptors (Lipinski definition) is 3. The third-order valence-corrected chi connectivity index (χ3v) is 3.42. The van der Waals surface area contributed by atoms with E-state index in [9.17, 15) is 14.3 Å². The summed E-state index contributed by atoms with van der Waals surface area (Å²) in [7, 11) is 0. The molecule has 0 aliphatic rings. The van der Waals surface area contributed by atoms with E-state index in [0.717, 1.165) is 11.8 Å². The molecule has 0 saturated carbocycles. The quantitative estimate of drug-likeness (QED) is 0.831. The number of carboxylic acids is 1. The van der Waals surface area contributed by atoms with Crippen LogP contribution in [0.5, 0.6) is 0 Å². The molecule has 1 aromatic carbocycles. The molecule has 0 aliphatic heterocycles. The summed E-state index contributed by atoms with van der Waals surface area (Å²) in [5.74, 6) is -1.61. The largest absolute Gasteiger partial charge is 0.478 e. The number of hydrogen-bond donors (Lipinski definition) is 2. The van der Waals surface area contributed by atoms with Crippen LogP contribution in [0.4, 0.5) is 15.8 Å². The first-order valence-electron chi connectivity index (χ1n) is 6.37. The van der Waals surface area contributed by atoms with Gasteiger partial charge < -0.3 is 10.4 Å². The van der Waals surface area contributed by atoms with Gasteiger partial charge in [-0.1, -0.05) is 24.6 Å². The maximum atomic E-state index is 13.9. The average Bonchev–Trinajstić information content (AvgIpc) is 2.41. The maximum Gasteiger partial charge on any atom is 0.339 e. The minimum atomic E-state index is -1.15. The SMILES string of the molecule is CCc1c(Cl)ncc(C(=O)O)c1Nc1ccc(C)cc1F. The summed E-state index contributed by atoms with van der Waals surface area (Å²) in [6.45, 7) is 3.60. The third-order valence-electron chi connectivity index (χ3n) is 3.10. The van der Waals surface area contributed by atoms with Crippen LogP contribution in [0, 0.1) is 12.7 Å². The van der Waals surface area contributed by atoms with Crippen LogP contribution >= 0.6 is 11.6 Å². The molecule has 1 heterocycles. The normalized spacial score (nSPS) is 10.5. The summed E-state index contributed by atoms with van der Waals surface area (Å²) in [5, 5.41) is 12.3. The van der Waals surface area contributed by atoms with Crippen LogP contribution in [0.25, 0.3) is 0 Å². The van der Waals surface area contributed by atoms with E-state index in [1.165, 1.54) is 6.07 Å². The standard InChI is InChI=1S/C15H14ClFN2O2/c1-3-9-13(10(15(20)21)7-18-14(9)16)19-12-5-4-8(2)6-11(12)17/h4-7H,3H2,1-2H3,(H,18,19)(H,20,21). The van der Waals surface area contributed by atoms with Gasteiger partial charge in [-0.25, -0.2) is 14.2 Å². The molecule has 0 fully saturated rings.